The molecule has 1 aromatic rings. The number of carbonyl (C=O) groups is 1. The quantitative estimate of drug-likeness (QED) is 0.794. The summed E-state index contributed by atoms with van der Waals surface area (Å²) in [6.07, 6.45) is 2.63. The first-order valence-corrected chi connectivity index (χ1v) is 9.11. The Hall–Kier alpha value is -1.38. The Morgan fingerprint density at radius 3 is 2.91 bits per heavy atom. The van der Waals surface area contributed by atoms with Crippen LogP contribution in [0.3, 0.4) is 0 Å². The molecule has 0 unspecified atom stereocenters. The lowest BCUT2D eigenvalue weighted by Crippen LogP contribution is -2.41. The summed E-state index contributed by atoms with van der Waals surface area (Å²) in [5, 5.41) is 3.00. The molecule has 0 spiro atoms. The highest BCUT2D eigenvalue weighted by atomic mass is 32.1. The second kappa shape index (κ2) is 6.62. The largest absolute Gasteiger partial charge is 0.442 e. The smallest absolute Gasteiger partial charge is 0.410 e. The Labute approximate surface area is 139 Å². The molecule has 4 rings (SSSR count). The Bertz CT molecular complexity index is 535. The van der Waals surface area contributed by atoms with Gasteiger partial charge in [0.15, 0.2) is 5.13 Å². The molecular formula is C15H22N4O3S. The van der Waals surface area contributed by atoms with E-state index in [4.69, 9.17) is 9.47 Å². The normalized spacial score (nSPS) is 28.3. The molecule has 126 valence electrons. The number of fused-ring (bicyclic) bond motifs is 1. The molecule has 0 bridgehead atoms. The summed E-state index contributed by atoms with van der Waals surface area (Å²) in [7, 11) is 0. The molecular weight excluding hydrogens is 316 g/mol. The summed E-state index contributed by atoms with van der Waals surface area (Å²) in [5.74, 6) is 0. The lowest BCUT2D eigenvalue weighted by molar-refractivity contribution is 0.0363. The number of carbonyl (C=O) groups excluding carboxylic acids is 1. The maximum absolute atomic E-state index is 12.1. The van der Waals surface area contributed by atoms with Gasteiger partial charge in [-0.1, -0.05) is 0 Å². The summed E-state index contributed by atoms with van der Waals surface area (Å²) in [5.41, 5.74) is 0. The highest BCUT2D eigenvalue weighted by Crippen LogP contribution is 2.31. The molecule has 23 heavy (non-hydrogen) atoms. The summed E-state index contributed by atoms with van der Waals surface area (Å²) >= 11 is 1.63. The average Bonchev–Trinajstić information content (AvgIpc) is 3.26. The molecule has 3 aliphatic rings. The fraction of sp³-hybridized carbons (Fsp3) is 0.733. The molecule has 3 aliphatic heterocycles. The van der Waals surface area contributed by atoms with Gasteiger partial charge < -0.3 is 14.4 Å². The van der Waals surface area contributed by atoms with E-state index in [2.05, 4.69) is 14.8 Å². The average molecular weight is 338 g/mol. The lowest BCUT2D eigenvalue weighted by atomic mass is 10.2. The van der Waals surface area contributed by atoms with Crippen molar-refractivity contribution in [3.05, 3.63) is 11.6 Å². The van der Waals surface area contributed by atoms with Gasteiger partial charge in [0.2, 0.25) is 0 Å². The van der Waals surface area contributed by atoms with E-state index in [1.807, 2.05) is 16.5 Å². The van der Waals surface area contributed by atoms with Gasteiger partial charge in [0.05, 0.1) is 25.8 Å². The van der Waals surface area contributed by atoms with E-state index >= 15 is 0 Å². The SMILES string of the molecule is O=C1O[C@H]2CN(c3nccs3)C[C@H]2N1CCCN1CCOCC1. The molecule has 3 fully saturated rings. The van der Waals surface area contributed by atoms with Crippen molar-refractivity contribution < 1.29 is 14.3 Å². The second-order valence-electron chi connectivity index (χ2n) is 6.21. The molecule has 1 amide bonds. The Morgan fingerprint density at radius 2 is 2.13 bits per heavy atom. The third-order valence-corrected chi connectivity index (χ3v) is 5.62. The molecule has 8 heteroatoms. The van der Waals surface area contributed by atoms with E-state index in [9.17, 15) is 4.79 Å². The van der Waals surface area contributed by atoms with Crippen LogP contribution in [0, 0.1) is 0 Å². The number of thiazole rings is 1. The third kappa shape index (κ3) is 3.15. The van der Waals surface area contributed by atoms with Gasteiger partial charge in [0, 0.05) is 44.3 Å². The minimum atomic E-state index is -0.152. The van der Waals surface area contributed by atoms with Crippen LogP contribution < -0.4 is 4.90 Å². The summed E-state index contributed by atoms with van der Waals surface area (Å²) in [4.78, 5) is 23.0. The molecule has 0 saturated carbocycles. The van der Waals surface area contributed by atoms with Crippen molar-refractivity contribution in [3.8, 4) is 0 Å². The van der Waals surface area contributed by atoms with E-state index in [0.717, 1.165) is 64.0 Å². The minimum absolute atomic E-state index is 0.0187. The predicted octanol–water partition coefficient (Wildman–Crippen LogP) is 0.875. The first kappa shape index (κ1) is 15.2. The van der Waals surface area contributed by atoms with Gasteiger partial charge in [0.25, 0.3) is 0 Å². The van der Waals surface area contributed by atoms with Gasteiger partial charge >= 0.3 is 6.09 Å². The molecule has 3 saturated heterocycles. The van der Waals surface area contributed by atoms with E-state index in [-0.39, 0.29) is 18.2 Å². The molecule has 7 nitrogen and oxygen atoms in total. The highest BCUT2D eigenvalue weighted by molar-refractivity contribution is 7.13. The number of nitrogens with zero attached hydrogens (tertiary/aromatic N) is 4. The summed E-state index contributed by atoms with van der Waals surface area (Å²) in [6, 6.07) is 0.163. The van der Waals surface area contributed by atoms with Gasteiger partial charge in [-0.2, -0.15) is 0 Å². The van der Waals surface area contributed by atoms with Crippen LogP contribution in [0.1, 0.15) is 6.42 Å². The third-order valence-electron chi connectivity index (χ3n) is 4.79. The van der Waals surface area contributed by atoms with Gasteiger partial charge in [0.1, 0.15) is 6.10 Å². The standard InChI is InChI=1S/C15H22N4O3S/c20-15-19(4-1-3-17-5-7-21-8-6-17)12-10-18(11-13(12)22-15)14-16-2-9-23-14/h2,9,12-13H,1,3-8,10-11H2/t12-,13+/m1/s1. The van der Waals surface area contributed by atoms with Crippen molar-refractivity contribution in [1.29, 1.82) is 0 Å². The van der Waals surface area contributed by atoms with E-state index in [1.54, 1.807) is 11.3 Å². The van der Waals surface area contributed by atoms with Crippen LogP contribution in [-0.2, 0) is 9.47 Å². The molecule has 0 aromatic carbocycles. The van der Waals surface area contributed by atoms with Crippen molar-refractivity contribution >= 4 is 22.6 Å². The minimum Gasteiger partial charge on any atom is -0.442 e. The molecule has 2 atom stereocenters. The monoisotopic (exact) mass is 338 g/mol. The van der Waals surface area contributed by atoms with Crippen molar-refractivity contribution in [2.24, 2.45) is 0 Å². The second-order valence-corrected chi connectivity index (χ2v) is 7.08. The summed E-state index contributed by atoms with van der Waals surface area (Å²) in [6.45, 7) is 6.98. The topological polar surface area (TPSA) is 58.1 Å². The van der Waals surface area contributed by atoms with Crippen molar-refractivity contribution in [1.82, 2.24) is 14.8 Å². The van der Waals surface area contributed by atoms with Gasteiger partial charge in [-0.3, -0.25) is 9.80 Å². The van der Waals surface area contributed by atoms with E-state index < -0.39 is 0 Å². The number of hydrogen-bond acceptors (Lipinski definition) is 7. The van der Waals surface area contributed by atoms with Crippen LogP contribution in [0.15, 0.2) is 11.6 Å². The lowest BCUT2D eigenvalue weighted by Gasteiger charge is -2.28. The number of anilines is 1. The Balaban J connectivity index is 1.30. The van der Waals surface area contributed by atoms with Gasteiger partial charge in [-0.25, -0.2) is 9.78 Å². The fourth-order valence-electron chi connectivity index (χ4n) is 3.58. The Kier molecular flexibility index (Phi) is 4.37. The maximum Gasteiger partial charge on any atom is 0.410 e. The highest BCUT2D eigenvalue weighted by Gasteiger charge is 2.47. The predicted molar refractivity (Wildman–Crippen MR) is 87.0 cm³/mol. The zero-order chi connectivity index (χ0) is 15.6. The Morgan fingerprint density at radius 1 is 1.26 bits per heavy atom. The number of hydrogen-bond donors (Lipinski definition) is 0. The molecule has 4 heterocycles. The summed E-state index contributed by atoms with van der Waals surface area (Å²) < 4.78 is 10.9. The number of morpholine rings is 1. The van der Waals surface area contributed by atoms with Crippen LogP contribution in [0.5, 0.6) is 0 Å². The molecule has 1 aromatic heterocycles. The van der Waals surface area contributed by atoms with Crippen LogP contribution in [-0.4, -0.2) is 85.5 Å². The van der Waals surface area contributed by atoms with Gasteiger partial charge in [-0.05, 0) is 6.42 Å². The van der Waals surface area contributed by atoms with Crippen molar-refractivity contribution in [3.63, 3.8) is 0 Å². The fourth-order valence-corrected chi connectivity index (χ4v) is 4.24. The van der Waals surface area contributed by atoms with Crippen LogP contribution in [0.4, 0.5) is 9.93 Å². The van der Waals surface area contributed by atoms with Crippen molar-refractivity contribution in [2.45, 2.75) is 18.6 Å². The van der Waals surface area contributed by atoms with Crippen molar-refractivity contribution in [2.75, 3.05) is 57.4 Å². The molecule has 0 aliphatic carbocycles. The number of amides is 1. The van der Waals surface area contributed by atoms with E-state index in [0.29, 0.717) is 0 Å². The zero-order valence-electron chi connectivity index (χ0n) is 13.1. The first-order chi connectivity index (χ1) is 11.3. The molecule has 0 radical (unpaired) electrons. The number of rotatable bonds is 5. The maximum atomic E-state index is 12.1. The molecule has 0 N–H and O–H groups in total. The zero-order valence-corrected chi connectivity index (χ0v) is 13.9. The van der Waals surface area contributed by atoms with E-state index in [1.165, 1.54) is 0 Å². The van der Waals surface area contributed by atoms with Crippen LogP contribution in [0.25, 0.3) is 0 Å². The van der Waals surface area contributed by atoms with Gasteiger partial charge in [-0.15, -0.1) is 11.3 Å². The number of ether oxygens (including phenoxy) is 2. The number of aromatic nitrogens is 1. The van der Waals surface area contributed by atoms with Crippen LogP contribution >= 0.6 is 11.3 Å². The first-order valence-electron chi connectivity index (χ1n) is 8.23. The van der Waals surface area contributed by atoms with Crippen LogP contribution in [0.2, 0.25) is 0 Å².